The van der Waals surface area contributed by atoms with Gasteiger partial charge in [-0.25, -0.2) is 0 Å². The molecular formula is C26H35N3O3. The standard InChI is InChI=1S/C26H35N3O3/c1-4-5-14-28-25(31)26(11-7-6-8-12-26)29-24(30)22-15-19(2)23(20(3)16-22)32-18-21-10-9-13-27-17-21/h9-10,13,15-17H,4-8,11-12,14,18H2,1-3H3,(H,28,31)(H,29,30). The molecule has 1 heterocycles. The first-order valence-corrected chi connectivity index (χ1v) is 11.7. The summed E-state index contributed by atoms with van der Waals surface area (Å²) in [5, 5.41) is 6.14. The predicted octanol–water partition coefficient (Wildman–Crippen LogP) is 4.63. The quantitative estimate of drug-likeness (QED) is 0.561. The van der Waals surface area contributed by atoms with Crippen LogP contribution in [0.2, 0.25) is 0 Å². The van der Waals surface area contributed by atoms with Crippen LogP contribution in [0.25, 0.3) is 0 Å². The van der Waals surface area contributed by atoms with E-state index in [1.54, 1.807) is 12.4 Å². The Morgan fingerprint density at radius 1 is 1.12 bits per heavy atom. The lowest BCUT2D eigenvalue weighted by Gasteiger charge is -2.36. The van der Waals surface area contributed by atoms with Gasteiger partial charge < -0.3 is 15.4 Å². The van der Waals surface area contributed by atoms with Gasteiger partial charge in [0.2, 0.25) is 5.91 Å². The molecule has 3 rings (SSSR count). The van der Waals surface area contributed by atoms with Gasteiger partial charge in [-0.3, -0.25) is 14.6 Å². The van der Waals surface area contributed by atoms with Crippen LogP contribution in [0.15, 0.2) is 36.7 Å². The van der Waals surface area contributed by atoms with Gasteiger partial charge in [-0.2, -0.15) is 0 Å². The fourth-order valence-corrected chi connectivity index (χ4v) is 4.35. The van der Waals surface area contributed by atoms with Crippen molar-refractivity contribution in [3.8, 4) is 5.75 Å². The summed E-state index contributed by atoms with van der Waals surface area (Å²) in [4.78, 5) is 30.3. The van der Waals surface area contributed by atoms with E-state index in [1.807, 2.05) is 38.1 Å². The molecule has 2 N–H and O–H groups in total. The first-order valence-electron chi connectivity index (χ1n) is 11.7. The smallest absolute Gasteiger partial charge is 0.252 e. The van der Waals surface area contributed by atoms with E-state index < -0.39 is 5.54 Å². The topological polar surface area (TPSA) is 80.3 Å². The highest BCUT2D eigenvalue weighted by Gasteiger charge is 2.40. The average Bonchev–Trinajstić information content (AvgIpc) is 2.79. The Labute approximate surface area is 191 Å². The molecule has 0 radical (unpaired) electrons. The summed E-state index contributed by atoms with van der Waals surface area (Å²) in [7, 11) is 0. The lowest BCUT2D eigenvalue weighted by molar-refractivity contribution is -0.128. The van der Waals surface area contributed by atoms with E-state index in [0.717, 1.165) is 54.5 Å². The third-order valence-corrected chi connectivity index (χ3v) is 6.14. The maximum atomic E-state index is 13.2. The first kappa shape index (κ1) is 23.8. The highest BCUT2D eigenvalue weighted by Crippen LogP contribution is 2.30. The van der Waals surface area contributed by atoms with Crippen LogP contribution in [-0.4, -0.2) is 28.9 Å². The molecule has 1 aromatic carbocycles. The molecule has 0 spiro atoms. The lowest BCUT2D eigenvalue weighted by Crippen LogP contribution is -2.59. The zero-order valence-electron chi connectivity index (χ0n) is 19.5. The maximum Gasteiger partial charge on any atom is 0.252 e. The molecule has 1 fully saturated rings. The van der Waals surface area contributed by atoms with Crippen LogP contribution >= 0.6 is 0 Å². The molecule has 172 valence electrons. The van der Waals surface area contributed by atoms with Gasteiger partial charge in [0.15, 0.2) is 0 Å². The zero-order chi connectivity index (χ0) is 23.0. The molecule has 6 nitrogen and oxygen atoms in total. The van der Waals surface area contributed by atoms with Crippen molar-refractivity contribution in [2.75, 3.05) is 6.54 Å². The second-order valence-corrected chi connectivity index (χ2v) is 8.80. The molecule has 1 aliphatic rings. The van der Waals surface area contributed by atoms with Crippen molar-refractivity contribution < 1.29 is 14.3 Å². The third kappa shape index (κ3) is 5.87. The Kier molecular flexibility index (Phi) is 8.26. The van der Waals surface area contributed by atoms with Gasteiger partial charge in [-0.05, 0) is 62.4 Å². The molecule has 1 saturated carbocycles. The van der Waals surface area contributed by atoms with E-state index >= 15 is 0 Å². The Bertz CT molecular complexity index is 898. The first-order chi connectivity index (χ1) is 15.4. The number of nitrogens with zero attached hydrogens (tertiary/aromatic N) is 1. The van der Waals surface area contributed by atoms with Crippen LogP contribution in [0, 0.1) is 13.8 Å². The molecule has 6 heteroatoms. The molecule has 1 aromatic heterocycles. The van der Waals surface area contributed by atoms with Crippen LogP contribution in [0.5, 0.6) is 5.75 Å². The van der Waals surface area contributed by atoms with E-state index in [-0.39, 0.29) is 11.8 Å². The highest BCUT2D eigenvalue weighted by molar-refractivity contribution is 5.99. The molecular weight excluding hydrogens is 402 g/mol. The fraction of sp³-hybridized carbons (Fsp3) is 0.500. The van der Waals surface area contributed by atoms with Crippen LogP contribution < -0.4 is 15.4 Å². The van der Waals surface area contributed by atoms with Gasteiger partial charge in [0.25, 0.3) is 5.91 Å². The minimum Gasteiger partial charge on any atom is -0.488 e. The monoisotopic (exact) mass is 437 g/mol. The van der Waals surface area contributed by atoms with Crippen LogP contribution in [-0.2, 0) is 11.4 Å². The SMILES string of the molecule is CCCCNC(=O)C1(NC(=O)c2cc(C)c(OCc3cccnc3)c(C)c2)CCCCC1. The Morgan fingerprint density at radius 2 is 1.84 bits per heavy atom. The molecule has 2 amide bonds. The number of pyridine rings is 1. The summed E-state index contributed by atoms with van der Waals surface area (Å²) in [6.45, 7) is 7.04. The van der Waals surface area contributed by atoms with Crippen molar-refractivity contribution in [1.82, 2.24) is 15.6 Å². The summed E-state index contributed by atoms with van der Waals surface area (Å²) in [6.07, 6.45) is 9.82. The van der Waals surface area contributed by atoms with Gasteiger partial charge in [0.1, 0.15) is 17.9 Å². The third-order valence-electron chi connectivity index (χ3n) is 6.14. The summed E-state index contributed by atoms with van der Waals surface area (Å²) in [6, 6.07) is 7.53. The van der Waals surface area contributed by atoms with Crippen molar-refractivity contribution in [2.24, 2.45) is 0 Å². The number of aryl methyl sites for hydroxylation is 2. The minimum absolute atomic E-state index is 0.0520. The van der Waals surface area contributed by atoms with Gasteiger partial charge in [0, 0.05) is 30.1 Å². The van der Waals surface area contributed by atoms with Crippen LogP contribution in [0.4, 0.5) is 0 Å². The van der Waals surface area contributed by atoms with E-state index in [1.165, 1.54) is 0 Å². The molecule has 0 bridgehead atoms. The number of unbranched alkanes of at least 4 members (excludes halogenated alkanes) is 1. The molecule has 32 heavy (non-hydrogen) atoms. The van der Waals surface area contributed by atoms with E-state index in [9.17, 15) is 9.59 Å². The summed E-state index contributed by atoms with van der Waals surface area (Å²) < 4.78 is 6.02. The van der Waals surface area contributed by atoms with E-state index in [2.05, 4.69) is 22.5 Å². The Morgan fingerprint density at radius 3 is 2.47 bits per heavy atom. The predicted molar refractivity (Wildman–Crippen MR) is 126 cm³/mol. The Balaban J connectivity index is 1.73. The molecule has 0 aliphatic heterocycles. The second kappa shape index (κ2) is 11.1. The van der Waals surface area contributed by atoms with E-state index in [4.69, 9.17) is 4.74 Å². The molecule has 2 aromatic rings. The minimum atomic E-state index is -0.819. The second-order valence-electron chi connectivity index (χ2n) is 8.80. The number of hydrogen-bond acceptors (Lipinski definition) is 4. The van der Waals surface area contributed by atoms with Crippen LogP contribution in [0.3, 0.4) is 0 Å². The summed E-state index contributed by atoms with van der Waals surface area (Å²) in [5.41, 5.74) is 2.51. The van der Waals surface area contributed by atoms with Gasteiger partial charge in [0.05, 0.1) is 0 Å². The number of rotatable bonds is 9. The van der Waals surface area contributed by atoms with Crippen molar-refractivity contribution in [3.05, 3.63) is 58.9 Å². The van der Waals surface area contributed by atoms with Gasteiger partial charge in [-0.1, -0.05) is 38.7 Å². The van der Waals surface area contributed by atoms with Gasteiger partial charge >= 0.3 is 0 Å². The number of amides is 2. The number of nitrogens with one attached hydrogen (secondary N) is 2. The summed E-state index contributed by atoms with van der Waals surface area (Å²) >= 11 is 0. The maximum absolute atomic E-state index is 13.2. The van der Waals surface area contributed by atoms with Crippen molar-refractivity contribution in [1.29, 1.82) is 0 Å². The zero-order valence-corrected chi connectivity index (χ0v) is 19.5. The van der Waals surface area contributed by atoms with Crippen LogP contribution in [0.1, 0.15) is 78.9 Å². The Hall–Kier alpha value is -2.89. The summed E-state index contributed by atoms with van der Waals surface area (Å²) in [5.74, 6) is 0.515. The largest absolute Gasteiger partial charge is 0.488 e. The van der Waals surface area contributed by atoms with Crippen molar-refractivity contribution in [3.63, 3.8) is 0 Å². The van der Waals surface area contributed by atoms with Crippen molar-refractivity contribution in [2.45, 2.75) is 77.9 Å². The molecule has 0 saturated heterocycles. The lowest BCUT2D eigenvalue weighted by atomic mass is 9.80. The number of carbonyl (C=O) groups excluding carboxylic acids is 2. The number of aromatic nitrogens is 1. The number of carbonyl (C=O) groups is 2. The van der Waals surface area contributed by atoms with Gasteiger partial charge in [-0.15, -0.1) is 0 Å². The van der Waals surface area contributed by atoms with Crippen molar-refractivity contribution >= 4 is 11.8 Å². The molecule has 1 aliphatic carbocycles. The van der Waals surface area contributed by atoms with E-state index in [0.29, 0.717) is 31.6 Å². The normalized spacial score (nSPS) is 15.1. The highest BCUT2D eigenvalue weighted by atomic mass is 16.5. The average molecular weight is 438 g/mol. The molecule has 0 atom stereocenters. The molecule has 0 unspecified atom stereocenters. The number of benzene rings is 1. The number of ether oxygens (including phenoxy) is 1. The fourth-order valence-electron chi connectivity index (χ4n) is 4.35. The number of hydrogen-bond donors (Lipinski definition) is 2.